The van der Waals surface area contributed by atoms with E-state index in [0.29, 0.717) is 51.9 Å². The molecule has 2 aromatic rings. The Balaban J connectivity index is 2.16. The van der Waals surface area contributed by atoms with E-state index in [1.807, 2.05) is 13.0 Å². The lowest BCUT2D eigenvalue weighted by Gasteiger charge is -2.20. The van der Waals surface area contributed by atoms with Crippen LogP contribution in [0.25, 0.3) is 0 Å². The number of nitrogens with zero attached hydrogens (tertiary/aromatic N) is 3. The summed E-state index contributed by atoms with van der Waals surface area (Å²) in [4.78, 5) is 37.2. The van der Waals surface area contributed by atoms with E-state index in [0.717, 1.165) is 19.2 Å². The zero-order valence-electron chi connectivity index (χ0n) is 20.4. The van der Waals surface area contributed by atoms with Crippen LogP contribution in [0.5, 0.6) is 5.75 Å². The number of hydrogen-bond donors (Lipinski definition) is 4. The molecule has 0 aliphatic heterocycles. The molecule has 0 atom stereocenters. The third-order valence-corrected chi connectivity index (χ3v) is 5.55. The maximum atomic E-state index is 12.4. The zero-order valence-corrected chi connectivity index (χ0v) is 20.4. The predicted octanol–water partition coefficient (Wildman–Crippen LogP) is 3.80. The molecule has 5 N–H and O–H groups in total. The topological polar surface area (TPSA) is 155 Å². The first-order valence-electron chi connectivity index (χ1n) is 11.5. The summed E-state index contributed by atoms with van der Waals surface area (Å²) in [5.41, 5.74) is 9.60. The third kappa shape index (κ3) is 6.08. The van der Waals surface area contributed by atoms with Gasteiger partial charge in [-0.25, -0.2) is 15.0 Å². The number of aryl methyl sites for hydroxylation is 1. The number of aromatic nitrogens is 1. The van der Waals surface area contributed by atoms with Crippen molar-refractivity contribution in [2.45, 2.75) is 46.5 Å². The molecule has 0 spiro atoms. The van der Waals surface area contributed by atoms with Gasteiger partial charge >= 0.3 is 0 Å². The molecule has 1 aliphatic carbocycles. The lowest BCUT2D eigenvalue weighted by molar-refractivity contribution is -0.118. The molecular formula is C25H31N7O3. The summed E-state index contributed by atoms with van der Waals surface area (Å²) < 4.78 is 5.62. The Hall–Kier alpha value is -4.08. The van der Waals surface area contributed by atoms with E-state index in [-0.39, 0.29) is 30.0 Å². The summed E-state index contributed by atoms with van der Waals surface area (Å²) >= 11 is 0. The highest BCUT2D eigenvalue weighted by Crippen LogP contribution is 2.35. The van der Waals surface area contributed by atoms with E-state index in [4.69, 9.17) is 15.9 Å². The van der Waals surface area contributed by atoms with Crippen molar-refractivity contribution in [1.29, 1.82) is 5.41 Å². The van der Waals surface area contributed by atoms with Crippen LogP contribution in [-0.2, 0) is 16.0 Å². The van der Waals surface area contributed by atoms with Gasteiger partial charge in [-0.2, -0.15) is 0 Å². The van der Waals surface area contributed by atoms with Gasteiger partial charge in [-0.3, -0.25) is 15.0 Å². The van der Waals surface area contributed by atoms with Crippen molar-refractivity contribution in [2.24, 2.45) is 21.6 Å². The molecule has 0 radical (unpaired) electrons. The largest absolute Gasteiger partial charge is 0.494 e. The Morgan fingerprint density at radius 3 is 2.63 bits per heavy atom. The molecular weight excluding hydrogens is 446 g/mol. The second kappa shape index (κ2) is 11.4. The number of ether oxygens (including phenoxy) is 1. The fourth-order valence-electron chi connectivity index (χ4n) is 3.66. The van der Waals surface area contributed by atoms with Crippen molar-refractivity contribution in [3.05, 3.63) is 41.1 Å². The fraction of sp³-hybridized carbons (Fsp3) is 0.360. The Morgan fingerprint density at radius 1 is 1.29 bits per heavy atom. The standard InChI is InChI=1S/C25H31N7O3/c1-5-17-22(14(3)29-21(33)6-2)19(12-20(31-17)32-25(34)15-10-11-15)30-18-9-7-8-16(23(18)35-4)24(27)28-13-26/h7-9,12-13,15H,5-6,10-11H2,1-4H3,(H3,26,27,28)(H2,30,31,32,34). The number of benzene rings is 1. The molecule has 10 nitrogen and oxygen atoms in total. The predicted molar refractivity (Wildman–Crippen MR) is 138 cm³/mol. The molecule has 1 aliphatic rings. The number of pyridine rings is 1. The average molecular weight is 478 g/mol. The van der Waals surface area contributed by atoms with E-state index >= 15 is 0 Å². The van der Waals surface area contributed by atoms with Gasteiger partial charge in [-0.05, 0) is 38.3 Å². The highest BCUT2D eigenvalue weighted by atomic mass is 16.5. The molecule has 3 rings (SSSR count). The first-order valence-corrected chi connectivity index (χ1v) is 11.5. The molecule has 10 heteroatoms. The summed E-state index contributed by atoms with van der Waals surface area (Å²) in [6.07, 6.45) is 3.46. The van der Waals surface area contributed by atoms with Gasteiger partial charge in [0.05, 0.1) is 35.5 Å². The number of rotatable bonds is 10. The smallest absolute Gasteiger partial charge is 0.245 e. The number of carbonyl (C=O) groups is 2. The van der Waals surface area contributed by atoms with E-state index in [2.05, 4.69) is 25.6 Å². The molecule has 1 aromatic carbocycles. The zero-order chi connectivity index (χ0) is 25.5. The van der Waals surface area contributed by atoms with Crippen LogP contribution in [0.3, 0.4) is 0 Å². The van der Waals surface area contributed by atoms with Gasteiger partial charge in [0, 0.05) is 24.0 Å². The minimum atomic E-state index is -0.239. The van der Waals surface area contributed by atoms with Crippen LogP contribution in [0.15, 0.2) is 34.3 Å². The van der Waals surface area contributed by atoms with Crippen molar-refractivity contribution >= 4 is 46.9 Å². The number of anilines is 3. The van der Waals surface area contributed by atoms with Gasteiger partial charge in [-0.15, -0.1) is 0 Å². The molecule has 184 valence electrons. The second-order valence-electron chi connectivity index (χ2n) is 8.09. The number of methoxy groups -OCH3 is 1. The Bertz CT molecular complexity index is 1200. The van der Waals surface area contributed by atoms with Crippen LogP contribution >= 0.6 is 0 Å². The number of hydrogen-bond acceptors (Lipinski definition) is 6. The number of carbonyl (C=O) groups excluding carboxylic acids is 2. The molecule has 1 fully saturated rings. The van der Waals surface area contributed by atoms with Gasteiger partial charge in [0.2, 0.25) is 11.8 Å². The summed E-state index contributed by atoms with van der Waals surface area (Å²) in [5, 5.41) is 13.5. The van der Waals surface area contributed by atoms with E-state index < -0.39 is 0 Å². The summed E-state index contributed by atoms with van der Waals surface area (Å²) in [7, 11) is 1.51. The Morgan fingerprint density at radius 2 is 2.03 bits per heavy atom. The normalized spacial score (nSPS) is 13.8. The Kier molecular flexibility index (Phi) is 8.30. The minimum Gasteiger partial charge on any atom is -0.494 e. The van der Waals surface area contributed by atoms with Crippen LogP contribution in [0.4, 0.5) is 17.2 Å². The van der Waals surface area contributed by atoms with E-state index in [1.54, 1.807) is 32.0 Å². The number of para-hydroxylation sites is 1. The molecule has 0 saturated heterocycles. The summed E-state index contributed by atoms with van der Waals surface area (Å²) in [6, 6.07) is 7.06. The van der Waals surface area contributed by atoms with Crippen molar-refractivity contribution in [2.75, 3.05) is 17.7 Å². The van der Waals surface area contributed by atoms with Gasteiger partial charge in [0.15, 0.2) is 5.75 Å². The number of nitrogens with one attached hydrogen (secondary N) is 3. The van der Waals surface area contributed by atoms with Crippen LogP contribution < -0.4 is 21.1 Å². The van der Waals surface area contributed by atoms with Crippen molar-refractivity contribution in [3.63, 3.8) is 0 Å². The highest BCUT2D eigenvalue weighted by molar-refractivity contribution is 6.10. The maximum Gasteiger partial charge on any atom is 0.245 e. The van der Waals surface area contributed by atoms with E-state index in [1.165, 1.54) is 7.11 Å². The number of nitrogens with two attached hydrogens (primary N) is 1. The van der Waals surface area contributed by atoms with Gasteiger partial charge in [0.25, 0.3) is 0 Å². The second-order valence-corrected chi connectivity index (χ2v) is 8.09. The highest BCUT2D eigenvalue weighted by Gasteiger charge is 2.30. The van der Waals surface area contributed by atoms with Gasteiger partial charge < -0.3 is 21.1 Å². The molecule has 1 heterocycles. The lowest BCUT2D eigenvalue weighted by Crippen LogP contribution is -2.18. The molecule has 1 aromatic heterocycles. The molecule has 1 saturated carbocycles. The van der Waals surface area contributed by atoms with Gasteiger partial charge in [0.1, 0.15) is 18.0 Å². The van der Waals surface area contributed by atoms with Crippen LogP contribution in [0, 0.1) is 11.3 Å². The summed E-state index contributed by atoms with van der Waals surface area (Å²) in [6.45, 7) is 5.47. The van der Waals surface area contributed by atoms with Crippen LogP contribution in [-0.4, -0.2) is 41.8 Å². The first kappa shape index (κ1) is 25.5. The monoisotopic (exact) mass is 477 g/mol. The number of aliphatic imine (C=N–C) groups is 2. The number of amides is 2. The quantitative estimate of drug-likeness (QED) is 0.301. The third-order valence-electron chi connectivity index (χ3n) is 5.55. The van der Waals surface area contributed by atoms with Crippen molar-refractivity contribution in [3.8, 4) is 5.75 Å². The van der Waals surface area contributed by atoms with Crippen LogP contribution in [0.1, 0.15) is 56.9 Å². The minimum absolute atomic E-state index is 0.0244. The molecule has 2 amide bonds. The van der Waals surface area contributed by atoms with Crippen LogP contribution in [0.2, 0.25) is 0 Å². The SMILES string of the molecule is CCC(=O)N=C(C)c1c(Nc2cccc(C(N)=NC=N)c2OC)cc(NC(=O)C2CC2)nc1CC. The van der Waals surface area contributed by atoms with Crippen molar-refractivity contribution in [1.82, 2.24) is 4.98 Å². The molecule has 0 bridgehead atoms. The van der Waals surface area contributed by atoms with E-state index in [9.17, 15) is 9.59 Å². The molecule has 35 heavy (non-hydrogen) atoms. The number of amidine groups is 1. The molecule has 0 unspecified atom stereocenters. The van der Waals surface area contributed by atoms with Gasteiger partial charge in [-0.1, -0.05) is 19.9 Å². The average Bonchev–Trinajstić information content (AvgIpc) is 3.69. The lowest BCUT2D eigenvalue weighted by atomic mass is 10.0. The Labute approximate surface area is 204 Å². The maximum absolute atomic E-state index is 12.4. The fourth-order valence-corrected chi connectivity index (χ4v) is 3.66. The van der Waals surface area contributed by atoms with Crippen molar-refractivity contribution < 1.29 is 14.3 Å². The first-order chi connectivity index (χ1) is 16.8. The summed E-state index contributed by atoms with van der Waals surface area (Å²) in [5.74, 6) is 0.709.